The summed E-state index contributed by atoms with van der Waals surface area (Å²) in [6.45, 7) is -0.161. The number of carbonyl (C=O) groups is 2. The van der Waals surface area contributed by atoms with Gasteiger partial charge in [0.2, 0.25) is 0 Å². The van der Waals surface area contributed by atoms with Gasteiger partial charge in [-0.2, -0.15) is 0 Å². The first-order valence-electron chi connectivity index (χ1n) is 5.34. The maximum atomic E-state index is 11.0. The van der Waals surface area contributed by atoms with Crippen LogP contribution in [0, 0.1) is 0 Å². The first kappa shape index (κ1) is 14.0. The first-order chi connectivity index (χ1) is 8.52. The molecule has 0 saturated carbocycles. The number of hydrogen-bond acceptors (Lipinski definition) is 5. The number of carboxylic acid groups (broad SMARTS) is 1. The molecule has 0 fully saturated rings. The van der Waals surface area contributed by atoms with Crippen molar-refractivity contribution in [1.29, 1.82) is 0 Å². The molecule has 1 rings (SSSR count). The molecule has 6 heteroatoms. The number of methoxy groups -OCH3 is 1. The maximum Gasteiger partial charge on any atom is 0.321 e. The van der Waals surface area contributed by atoms with Crippen molar-refractivity contribution in [1.82, 2.24) is 5.32 Å². The van der Waals surface area contributed by atoms with Gasteiger partial charge in [0, 0.05) is 0 Å². The Morgan fingerprint density at radius 1 is 1.33 bits per heavy atom. The van der Waals surface area contributed by atoms with Gasteiger partial charge in [0.15, 0.2) is 0 Å². The average Bonchev–Trinajstić information content (AvgIpc) is 2.35. The molecule has 6 nitrogen and oxygen atoms in total. The summed E-state index contributed by atoms with van der Waals surface area (Å²) < 4.78 is 4.42. The summed E-state index contributed by atoms with van der Waals surface area (Å²) in [6.07, 6.45) is 0.215. The Labute approximate surface area is 104 Å². The first-order valence-corrected chi connectivity index (χ1v) is 5.34. The zero-order valence-corrected chi connectivity index (χ0v) is 9.92. The number of nitrogens with one attached hydrogen (secondary N) is 1. The van der Waals surface area contributed by atoms with Crippen molar-refractivity contribution in [3.8, 4) is 5.75 Å². The van der Waals surface area contributed by atoms with E-state index in [1.807, 2.05) is 0 Å². The number of phenols is 1. The number of esters is 1. The minimum Gasteiger partial charge on any atom is -0.508 e. The van der Waals surface area contributed by atoms with Gasteiger partial charge in [-0.05, 0) is 24.1 Å². The second-order valence-electron chi connectivity index (χ2n) is 3.72. The lowest BCUT2D eigenvalue weighted by molar-refractivity contribution is -0.141. The van der Waals surface area contributed by atoms with Crippen molar-refractivity contribution in [2.45, 2.75) is 12.5 Å². The van der Waals surface area contributed by atoms with Crippen LogP contribution in [0.1, 0.15) is 5.56 Å². The lowest BCUT2D eigenvalue weighted by Crippen LogP contribution is -2.41. The molecule has 0 bridgehead atoms. The predicted molar refractivity (Wildman–Crippen MR) is 63.3 cm³/mol. The zero-order valence-electron chi connectivity index (χ0n) is 9.92. The minimum absolute atomic E-state index is 0.119. The topological polar surface area (TPSA) is 95.9 Å². The van der Waals surface area contributed by atoms with Gasteiger partial charge in [-0.25, -0.2) is 0 Å². The van der Waals surface area contributed by atoms with Crippen LogP contribution < -0.4 is 5.32 Å². The second kappa shape index (κ2) is 6.61. The van der Waals surface area contributed by atoms with Gasteiger partial charge in [-0.1, -0.05) is 12.1 Å². The number of phenolic OH excluding ortho intramolecular Hbond substituents is 1. The third kappa shape index (κ3) is 4.42. The summed E-state index contributed by atoms with van der Waals surface area (Å²) in [5.41, 5.74) is 0.748. The van der Waals surface area contributed by atoms with Crippen molar-refractivity contribution in [3.63, 3.8) is 0 Å². The van der Waals surface area contributed by atoms with Crippen LogP contribution in [0.5, 0.6) is 5.75 Å². The zero-order chi connectivity index (χ0) is 13.5. The van der Waals surface area contributed by atoms with Crippen LogP contribution in [0.15, 0.2) is 24.3 Å². The number of hydrogen-bond donors (Lipinski definition) is 3. The van der Waals surface area contributed by atoms with E-state index in [4.69, 9.17) is 10.2 Å². The Bertz CT molecular complexity index is 415. The van der Waals surface area contributed by atoms with Crippen molar-refractivity contribution in [3.05, 3.63) is 29.8 Å². The molecular formula is C12H15NO5. The summed E-state index contributed by atoms with van der Waals surface area (Å²) in [6, 6.07) is 5.34. The Balaban J connectivity index is 2.60. The van der Waals surface area contributed by atoms with Crippen molar-refractivity contribution >= 4 is 11.9 Å². The van der Waals surface area contributed by atoms with Crippen LogP contribution in [0.25, 0.3) is 0 Å². The van der Waals surface area contributed by atoms with Crippen molar-refractivity contribution in [2.75, 3.05) is 13.7 Å². The molecule has 3 N–H and O–H groups in total. The van der Waals surface area contributed by atoms with Gasteiger partial charge in [-0.3, -0.25) is 14.9 Å². The number of rotatable bonds is 6. The van der Waals surface area contributed by atoms with E-state index in [9.17, 15) is 9.59 Å². The molecule has 0 saturated heterocycles. The van der Waals surface area contributed by atoms with Crippen LogP contribution in [0.3, 0.4) is 0 Å². The highest BCUT2D eigenvalue weighted by molar-refractivity contribution is 5.76. The van der Waals surface area contributed by atoms with E-state index >= 15 is 0 Å². The molecule has 0 aromatic heterocycles. The normalized spacial score (nSPS) is 11.8. The molecule has 0 spiro atoms. The Kier molecular flexibility index (Phi) is 5.13. The van der Waals surface area contributed by atoms with E-state index in [0.29, 0.717) is 0 Å². The molecular weight excluding hydrogens is 238 g/mol. The highest BCUT2D eigenvalue weighted by Gasteiger charge is 2.18. The molecule has 0 amide bonds. The van der Waals surface area contributed by atoms with Crippen molar-refractivity contribution < 1.29 is 24.5 Å². The van der Waals surface area contributed by atoms with Crippen LogP contribution in [0.4, 0.5) is 0 Å². The molecule has 0 heterocycles. The highest BCUT2D eigenvalue weighted by atomic mass is 16.5. The molecule has 0 unspecified atom stereocenters. The molecule has 0 aliphatic carbocycles. The second-order valence-corrected chi connectivity index (χ2v) is 3.72. The van der Waals surface area contributed by atoms with E-state index in [-0.39, 0.29) is 18.7 Å². The van der Waals surface area contributed by atoms with E-state index in [1.165, 1.54) is 19.2 Å². The summed E-state index contributed by atoms with van der Waals surface area (Å²) in [4.78, 5) is 21.9. The molecule has 98 valence electrons. The number of carboxylic acids is 1. The Morgan fingerprint density at radius 2 is 1.94 bits per heavy atom. The fraction of sp³-hybridized carbons (Fsp3) is 0.333. The third-order valence-electron chi connectivity index (χ3n) is 2.39. The van der Waals surface area contributed by atoms with Gasteiger partial charge >= 0.3 is 11.9 Å². The molecule has 0 radical (unpaired) electrons. The van der Waals surface area contributed by atoms with Crippen LogP contribution in [-0.2, 0) is 20.7 Å². The predicted octanol–water partition coefficient (Wildman–Crippen LogP) is 0.150. The average molecular weight is 253 g/mol. The number of aliphatic carboxylic acids is 1. The minimum atomic E-state index is -1.05. The van der Waals surface area contributed by atoms with Crippen molar-refractivity contribution in [2.24, 2.45) is 0 Å². The fourth-order valence-corrected chi connectivity index (χ4v) is 1.39. The van der Waals surface area contributed by atoms with Gasteiger partial charge in [0.1, 0.15) is 11.8 Å². The Morgan fingerprint density at radius 3 is 2.44 bits per heavy atom. The monoisotopic (exact) mass is 253 g/mol. The standard InChI is InChI=1S/C12H15NO5/c1-18-11(15)7-13-10(12(16)17)6-8-2-4-9(14)5-3-8/h2-5,10,13-14H,6-7H2,1H3,(H,16,17)/t10-/m0/s1. The summed E-state index contributed by atoms with van der Waals surface area (Å²) in [5.74, 6) is -1.45. The van der Waals surface area contributed by atoms with E-state index in [1.54, 1.807) is 12.1 Å². The van der Waals surface area contributed by atoms with Crippen LogP contribution in [0.2, 0.25) is 0 Å². The summed E-state index contributed by atoms with van der Waals surface area (Å²) in [5, 5.41) is 20.7. The number of benzene rings is 1. The number of aromatic hydroxyl groups is 1. The quantitative estimate of drug-likeness (QED) is 0.625. The Hall–Kier alpha value is -2.08. The van der Waals surface area contributed by atoms with E-state index in [0.717, 1.165) is 5.56 Å². The smallest absolute Gasteiger partial charge is 0.321 e. The lowest BCUT2D eigenvalue weighted by Gasteiger charge is -2.13. The third-order valence-corrected chi connectivity index (χ3v) is 2.39. The molecule has 1 aromatic rings. The molecule has 0 aliphatic rings. The molecule has 1 aromatic carbocycles. The highest BCUT2D eigenvalue weighted by Crippen LogP contribution is 2.11. The maximum absolute atomic E-state index is 11.0. The van der Waals surface area contributed by atoms with E-state index < -0.39 is 18.0 Å². The summed E-state index contributed by atoms with van der Waals surface area (Å²) in [7, 11) is 1.24. The number of ether oxygens (including phenoxy) is 1. The molecule has 1 atom stereocenters. The van der Waals surface area contributed by atoms with E-state index in [2.05, 4.69) is 10.1 Å². The number of carbonyl (C=O) groups excluding carboxylic acids is 1. The van der Waals surface area contributed by atoms with Gasteiger partial charge in [0.25, 0.3) is 0 Å². The molecule has 0 aliphatic heterocycles. The summed E-state index contributed by atoms with van der Waals surface area (Å²) >= 11 is 0. The SMILES string of the molecule is COC(=O)CN[C@@H](Cc1ccc(O)cc1)C(=O)O. The van der Waals surface area contributed by atoms with Crippen LogP contribution >= 0.6 is 0 Å². The van der Waals surface area contributed by atoms with Gasteiger partial charge in [0.05, 0.1) is 13.7 Å². The van der Waals surface area contributed by atoms with Gasteiger partial charge < -0.3 is 14.9 Å². The molecule has 18 heavy (non-hydrogen) atoms. The van der Waals surface area contributed by atoms with Gasteiger partial charge in [-0.15, -0.1) is 0 Å². The largest absolute Gasteiger partial charge is 0.508 e. The van der Waals surface area contributed by atoms with Crippen LogP contribution in [-0.4, -0.2) is 41.8 Å². The fourth-order valence-electron chi connectivity index (χ4n) is 1.39. The lowest BCUT2D eigenvalue weighted by atomic mass is 10.1.